The lowest BCUT2D eigenvalue weighted by atomic mass is 10.3. The van der Waals surface area contributed by atoms with Crippen molar-refractivity contribution in [1.82, 2.24) is 15.1 Å². The highest BCUT2D eigenvalue weighted by molar-refractivity contribution is 6.32. The van der Waals surface area contributed by atoms with Crippen LogP contribution in [0.2, 0.25) is 5.02 Å². The number of hydrogen-bond donors (Lipinski definition) is 2. The van der Waals surface area contributed by atoms with E-state index < -0.39 is 6.04 Å². The van der Waals surface area contributed by atoms with Gasteiger partial charge in [-0.3, -0.25) is 9.59 Å². The first-order valence-electron chi connectivity index (χ1n) is 6.35. The number of rotatable bonds is 4. The Kier molecular flexibility index (Phi) is 4.59. The van der Waals surface area contributed by atoms with Crippen LogP contribution in [0.1, 0.15) is 13.8 Å². The van der Waals surface area contributed by atoms with Crippen molar-refractivity contribution in [2.24, 2.45) is 0 Å². The fraction of sp³-hybridized carbons (Fsp3) is 0.214. The number of carbonyl (C=O) groups excluding carboxylic acids is 2. The molecule has 1 heterocycles. The lowest BCUT2D eigenvalue weighted by Crippen LogP contribution is -2.40. The second kappa shape index (κ2) is 6.41. The van der Waals surface area contributed by atoms with Crippen molar-refractivity contribution < 1.29 is 9.59 Å². The summed E-state index contributed by atoms with van der Waals surface area (Å²) in [5, 5.41) is 9.90. The molecular formula is C14H15ClN4O2. The summed E-state index contributed by atoms with van der Waals surface area (Å²) >= 11 is 6.09. The fourth-order valence-corrected chi connectivity index (χ4v) is 2.00. The molecule has 6 nitrogen and oxygen atoms in total. The third-order valence-corrected chi connectivity index (χ3v) is 3.08. The van der Waals surface area contributed by atoms with Crippen molar-refractivity contribution >= 4 is 29.1 Å². The maximum atomic E-state index is 11.9. The van der Waals surface area contributed by atoms with Crippen molar-refractivity contribution in [2.75, 3.05) is 5.32 Å². The molecule has 1 aromatic carbocycles. The average Bonchev–Trinajstić information content (AvgIpc) is 2.86. The van der Waals surface area contributed by atoms with Crippen LogP contribution in [0.25, 0.3) is 5.69 Å². The maximum absolute atomic E-state index is 11.9. The number of aromatic nitrogens is 2. The van der Waals surface area contributed by atoms with Crippen molar-refractivity contribution in [3.05, 3.63) is 41.7 Å². The number of nitrogens with zero attached hydrogens (tertiary/aromatic N) is 2. The van der Waals surface area contributed by atoms with Crippen LogP contribution in [0.5, 0.6) is 0 Å². The molecule has 21 heavy (non-hydrogen) atoms. The highest BCUT2D eigenvalue weighted by Gasteiger charge is 2.14. The largest absolute Gasteiger partial charge is 0.345 e. The number of nitrogens with one attached hydrogen (secondary N) is 2. The van der Waals surface area contributed by atoms with E-state index in [0.29, 0.717) is 10.7 Å². The zero-order valence-corrected chi connectivity index (χ0v) is 12.4. The minimum atomic E-state index is -0.619. The fourth-order valence-electron chi connectivity index (χ4n) is 1.78. The van der Waals surface area contributed by atoms with Crippen LogP contribution in [-0.4, -0.2) is 27.6 Å². The quantitative estimate of drug-likeness (QED) is 0.907. The van der Waals surface area contributed by atoms with E-state index in [-0.39, 0.29) is 11.8 Å². The van der Waals surface area contributed by atoms with Crippen LogP contribution in [0, 0.1) is 0 Å². The summed E-state index contributed by atoms with van der Waals surface area (Å²) in [5.41, 5.74) is 1.24. The van der Waals surface area contributed by atoms with Gasteiger partial charge < -0.3 is 10.6 Å². The Balaban J connectivity index is 2.09. The van der Waals surface area contributed by atoms with Gasteiger partial charge in [-0.05, 0) is 19.1 Å². The highest BCUT2D eigenvalue weighted by Crippen LogP contribution is 2.20. The van der Waals surface area contributed by atoms with Crippen molar-refractivity contribution in [3.63, 3.8) is 0 Å². The van der Waals surface area contributed by atoms with E-state index in [1.807, 2.05) is 18.2 Å². The Hall–Kier alpha value is -2.34. The summed E-state index contributed by atoms with van der Waals surface area (Å²) < 4.78 is 1.57. The van der Waals surface area contributed by atoms with Gasteiger partial charge in [0.15, 0.2) is 0 Å². The Morgan fingerprint density at radius 2 is 2.05 bits per heavy atom. The molecule has 0 fully saturated rings. The number of benzene rings is 1. The smallest absolute Gasteiger partial charge is 0.246 e. The molecule has 0 aliphatic carbocycles. The van der Waals surface area contributed by atoms with Gasteiger partial charge in [0.1, 0.15) is 6.04 Å². The minimum absolute atomic E-state index is 0.260. The van der Waals surface area contributed by atoms with E-state index >= 15 is 0 Å². The first kappa shape index (κ1) is 15.1. The van der Waals surface area contributed by atoms with E-state index in [4.69, 9.17) is 11.6 Å². The molecule has 2 rings (SSSR count). The van der Waals surface area contributed by atoms with Crippen LogP contribution in [0.4, 0.5) is 5.69 Å². The molecule has 110 valence electrons. The third-order valence-electron chi connectivity index (χ3n) is 2.76. The van der Waals surface area contributed by atoms with E-state index in [1.165, 1.54) is 13.1 Å². The molecule has 0 saturated carbocycles. The third kappa shape index (κ3) is 3.82. The number of carbonyl (C=O) groups is 2. The van der Waals surface area contributed by atoms with Crippen molar-refractivity contribution in [3.8, 4) is 5.69 Å². The number of para-hydroxylation sites is 1. The SMILES string of the molecule is CC(=O)N[C@H](C)C(=O)Nc1cnn(-c2ccccc2Cl)c1. The minimum Gasteiger partial charge on any atom is -0.345 e. The molecule has 0 aliphatic rings. The Morgan fingerprint density at radius 3 is 2.71 bits per heavy atom. The first-order valence-corrected chi connectivity index (χ1v) is 6.72. The lowest BCUT2D eigenvalue weighted by Gasteiger charge is -2.11. The highest BCUT2D eigenvalue weighted by atomic mass is 35.5. The molecule has 0 spiro atoms. The summed E-state index contributed by atoms with van der Waals surface area (Å²) in [6, 6.07) is 6.63. The zero-order chi connectivity index (χ0) is 15.4. The Morgan fingerprint density at radius 1 is 1.33 bits per heavy atom. The van der Waals surface area contributed by atoms with Gasteiger partial charge in [0.25, 0.3) is 0 Å². The van der Waals surface area contributed by atoms with Crippen LogP contribution < -0.4 is 10.6 Å². The number of amides is 2. The van der Waals surface area contributed by atoms with E-state index in [0.717, 1.165) is 5.69 Å². The predicted octanol–water partition coefficient (Wildman–Crippen LogP) is 1.99. The average molecular weight is 307 g/mol. The molecule has 2 amide bonds. The first-order chi connectivity index (χ1) is 9.97. The predicted molar refractivity (Wildman–Crippen MR) is 80.5 cm³/mol. The van der Waals surface area contributed by atoms with Crippen LogP contribution in [0.15, 0.2) is 36.7 Å². The van der Waals surface area contributed by atoms with Crippen LogP contribution in [0.3, 0.4) is 0 Å². The summed E-state index contributed by atoms with van der Waals surface area (Å²) in [4.78, 5) is 22.8. The van der Waals surface area contributed by atoms with Crippen LogP contribution in [-0.2, 0) is 9.59 Å². The summed E-state index contributed by atoms with van der Waals surface area (Å²) in [6.07, 6.45) is 3.17. The van der Waals surface area contributed by atoms with Gasteiger partial charge in [0, 0.05) is 6.92 Å². The maximum Gasteiger partial charge on any atom is 0.246 e. The van der Waals surface area contributed by atoms with E-state index in [9.17, 15) is 9.59 Å². The molecule has 0 radical (unpaired) electrons. The normalized spacial score (nSPS) is 11.8. The summed E-state index contributed by atoms with van der Waals surface area (Å²) in [7, 11) is 0. The molecule has 1 atom stereocenters. The monoisotopic (exact) mass is 306 g/mol. The molecule has 0 unspecified atom stereocenters. The van der Waals surface area contributed by atoms with E-state index in [2.05, 4.69) is 15.7 Å². The topological polar surface area (TPSA) is 76.0 Å². The van der Waals surface area contributed by atoms with Crippen LogP contribution >= 0.6 is 11.6 Å². The standard InChI is InChI=1S/C14H15ClN4O2/c1-9(17-10(2)20)14(21)18-11-7-16-19(8-11)13-6-4-3-5-12(13)15/h3-9H,1-2H3,(H,17,20)(H,18,21)/t9-/m1/s1. The molecule has 1 aromatic heterocycles. The second-order valence-corrected chi connectivity index (χ2v) is 4.94. The Bertz CT molecular complexity index is 668. The number of halogens is 1. The molecule has 0 aliphatic heterocycles. The van der Waals surface area contributed by atoms with Gasteiger partial charge >= 0.3 is 0 Å². The lowest BCUT2D eigenvalue weighted by molar-refractivity contribution is -0.124. The molecule has 7 heteroatoms. The van der Waals surface area contributed by atoms with Gasteiger partial charge in [0.2, 0.25) is 11.8 Å². The summed E-state index contributed by atoms with van der Waals surface area (Å²) in [6.45, 7) is 2.97. The van der Waals surface area contributed by atoms with Gasteiger partial charge in [0.05, 0.1) is 28.8 Å². The van der Waals surface area contributed by atoms with Gasteiger partial charge in [-0.1, -0.05) is 23.7 Å². The van der Waals surface area contributed by atoms with Gasteiger partial charge in [-0.15, -0.1) is 0 Å². The van der Waals surface area contributed by atoms with E-state index in [1.54, 1.807) is 23.9 Å². The number of hydrogen-bond acceptors (Lipinski definition) is 3. The van der Waals surface area contributed by atoms with Gasteiger partial charge in [-0.25, -0.2) is 4.68 Å². The summed E-state index contributed by atoms with van der Waals surface area (Å²) in [5.74, 6) is -0.576. The molecule has 2 N–H and O–H groups in total. The molecule has 0 saturated heterocycles. The number of anilines is 1. The molecule has 0 bridgehead atoms. The Labute approximate surface area is 127 Å². The van der Waals surface area contributed by atoms with Gasteiger partial charge in [-0.2, -0.15) is 5.10 Å². The second-order valence-electron chi connectivity index (χ2n) is 4.54. The van der Waals surface area contributed by atoms with Crippen molar-refractivity contribution in [2.45, 2.75) is 19.9 Å². The van der Waals surface area contributed by atoms with Crippen molar-refractivity contribution in [1.29, 1.82) is 0 Å². The molecule has 2 aromatic rings. The molecular weight excluding hydrogens is 292 g/mol. The zero-order valence-electron chi connectivity index (χ0n) is 11.6.